The van der Waals surface area contributed by atoms with E-state index in [2.05, 4.69) is 5.32 Å². The molecular formula is C24H23NO5. The van der Waals surface area contributed by atoms with Crippen LogP contribution < -0.4 is 14.8 Å². The third-order valence-corrected chi connectivity index (χ3v) is 4.55. The van der Waals surface area contributed by atoms with Crippen LogP contribution in [0.2, 0.25) is 0 Å². The Morgan fingerprint density at radius 2 is 1.57 bits per heavy atom. The molecule has 1 amide bonds. The lowest BCUT2D eigenvalue weighted by Crippen LogP contribution is -2.30. The van der Waals surface area contributed by atoms with Gasteiger partial charge in [-0.3, -0.25) is 4.79 Å². The van der Waals surface area contributed by atoms with Crippen molar-refractivity contribution in [3.05, 3.63) is 78.4 Å². The maximum Gasteiger partial charge on any atom is 0.342 e. The van der Waals surface area contributed by atoms with Gasteiger partial charge in [-0.05, 0) is 36.8 Å². The van der Waals surface area contributed by atoms with E-state index in [4.69, 9.17) is 14.2 Å². The number of hydrogen-bond donors (Lipinski definition) is 1. The third-order valence-electron chi connectivity index (χ3n) is 4.55. The van der Waals surface area contributed by atoms with Crippen molar-refractivity contribution in [1.29, 1.82) is 0 Å². The highest BCUT2D eigenvalue weighted by molar-refractivity contribution is 6.00. The monoisotopic (exact) mass is 405 g/mol. The van der Waals surface area contributed by atoms with Gasteiger partial charge in [0, 0.05) is 11.3 Å². The molecule has 0 fully saturated rings. The Morgan fingerprint density at radius 1 is 0.867 bits per heavy atom. The molecule has 0 spiro atoms. The Hall–Kier alpha value is -3.80. The molecule has 3 rings (SSSR count). The smallest absolute Gasteiger partial charge is 0.342 e. The number of carbonyl (C=O) groups excluding carboxylic acids is 2. The summed E-state index contributed by atoms with van der Waals surface area (Å²) >= 11 is 0. The van der Waals surface area contributed by atoms with E-state index >= 15 is 0 Å². The number of nitrogens with one attached hydrogen (secondary N) is 1. The highest BCUT2D eigenvalue weighted by Gasteiger charge is 2.22. The first-order valence-corrected chi connectivity index (χ1v) is 9.41. The van der Waals surface area contributed by atoms with Gasteiger partial charge < -0.3 is 19.5 Å². The number of benzene rings is 3. The summed E-state index contributed by atoms with van der Waals surface area (Å²) < 4.78 is 15.7. The first-order chi connectivity index (χ1) is 14.5. The fourth-order valence-corrected chi connectivity index (χ4v) is 2.95. The normalized spacial score (nSPS) is 11.3. The van der Waals surface area contributed by atoms with E-state index in [1.807, 2.05) is 48.5 Å². The SMILES string of the molecule is COc1ccc(OC)c(C(=O)O[C@H](C)C(=O)Nc2ccccc2-c2ccccc2)c1. The topological polar surface area (TPSA) is 73.9 Å². The molecule has 0 heterocycles. The Kier molecular flexibility index (Phi) is 6.70. The largest absolute Gasteiger partial charge is 0.497 e. The molecule has 6 nitrogen and oxygen atoms in total. The number of rotatable bonds is 7. The highest BCUT2D eigenvalue weighted by Crippen LogP contribution is 2.28. The minimum atomic E-state index is -1.02. The van der Waals surface area contributed by atoms with Gasteiger partial charge in [-0.25, -0.2) is 4.79 Å². The zero-order chi connectivity index (χ0) is 21.5. The van der Waals surface area contributed by atoms with Crippen molar-refractivity contribution in [2.24, 2.45) is 0 Å². The van der Waals surface area contributed by atoms with Crippen molar-refractivity contribution in [3.63, 3.8) is 0 Å². The van der Waals surface area contributed by atoms with Crippen LogP contribution in [-0.2, 0) is 9.53 Å². The van der Waals surface area contributed by atoms with Crippen LogP contribution in [0.1, 0.15) is 17.3 Å². The van der Waals surface area contributed by atoms with E-state index in [1.54, 1.807) is 18.2 Å². The summed E-state index contributed by atoms with van der Waals surface area (Å²) in [7, 11) is 2.95. The number of amides is 1. The van der Waals surface area contributed by atoms with Crippen molar-refractivity contribution in [1.82, 2.24) is 0 Å². The summed E-state index contributed by atoms with van der Waals surface area (Å²) in [5, 5.41) is 2.84. The number of hydrogen-bond acceptors (Lipinski definition) is 5. The van der Waals surface area contributed by atoms with E-state index in [0.29, 0.717) is 17.2 Å². The molecule has 30 heavy (non-hydrogen) atoms. The Labute approximate surface area is 175 Å². The molecule has 0 saturated heterocycles. The maximum absolute atomic E-state index is 12.7. The van der Waals surface area contributed by atoms with Crippen LogP contribution in [0.5, 0.6) is 11.5 Å². The van der Waals surface area contributed by atoms with E-state index in [1.165, 1.54) is 27.2 Å². The molecular weight excluding hydrogens is 382 g/mol. The van der Waals surface area contributed by atoms with E-state index in [9.17, 15) is 9.59 Å². The van der Waals surface area contributed by atoms with Crippen molar-refractivity contribution in [2.45, 2.75) is 13.0 Å². The predicted octanol–water partition coefficient (Wildman–Crippen LogP) is 4.55. The summed E-state index contributed by atoms with van der Waals surface area (Å²) in [6.07, 6.45) is -1.02. The number of carbonyl (C=O) groups is 2. The molecule has 6 heteroatoms. The van der Waals surface area contributed by atoms with Crippen molar-refractivity contribution in [3.8, 4) is 22.6 Å². The second-order valence-corrected chi connectivity index (χ2v) is 6.51. The van der Waals surface area contributed by atoms with Gasteiger partial charge in [-0.2, -0.15) is 0 Å². The lowest BCUT2D eigenvalue weighted by atomic mass is 10.0. The molecule has 154 valence electrons. The van der Waals surface area contributed by atoms with E-state index in [-0.39, 0.29) is 5.56 Å². The lowest BCUT2D eigenvalue weighted by Gasteiger charge is -2.17. The van der Waals surface area contributed by atoms with Gasteiger partial charge in [0.2, 0.25) is 0 Å². The molecule has 1 atom stereocenters. The quantitative estimate of drug-likeness (QED) is 0.584. The first-order valence-electron chi connectivity index (χ1n) is 9.41. The van der Waals surface area contributed by atoms with Crippen LogP contribution in [-0.4, -0.2) is 32.2 Å². The van der Waals surface area contributed by atoms with Gasteiger partial charge in [0.05, 0.1) is 14.2 Å². The Morgan fingerprint density at radius 3 is 2.27 bits per heavy atom. The number of para-hydroxylation sites is 1. The molecule has 0 aliphatic heterocycles. The van der Waals surface area contributed by atoms with Crippen LogP contribution >= 0.6 is 0 Å². The fourth-order valence-electron chi connectivity index (χ4n) is 2.95. The van der Waals surface area contributed by atoms with E-state index < -0.39 is 18.0 Å². The van der Waals surface area contributed by atoms with Gasteiger partial charge in [-0.1, -0.05) is 48.5 Å². The number of anilines is 1. The second kappa shape index (κ2) is 9.60. The molecule has 3 aromatic rings. The molecule has 0 aliphatic carbocycles. The molecule has 0 aliphatic rings. The maximum atomic E-state index is 12.7. The second-order valence-electron chi connectivity index (χ2n) is 6.51. The van der Waals surface area contributed by atoms with Crippen LogP contribution in [0.4, 0.5) is 5.69 Å². The van der Waals surface area contributed by atoms with Gasteiger partial charge in [-0.15, -0.1) is 0 Å². The number of methoxy groups -OCH3 is 2. The van der Waals surface area contributed by atoms with Gasteiger partial charge in [0.25, 0.3) is 5.91 Å². The Bertz CT molecular complexity index is 1030. The summed E-state index contributed by atoms with van der Waals surface area (Å²) in [6.45, 7) is 1.52. The summed E-state index contributed by atoms with van der Waals surface area (Å²) in [5.74, 6) is -0.294. The average molecular weight is 405 g/mol. The zero-order valence-corrected chi connectivity index (χ0v) is 17.0. The van der Waals surface area contributed by atoms with Crippen molar-refractivity contribution in [2.75, 3.05) is 19.5 Å². The zero-order valence-electron chi connectivity index (χ0n) is 17.0. The molecule has 0 saturated carbocycles. The molecule has 0 aromatic heterocycles. The Balaban J connectivity index is 1.74. The lowest BCUT2D eigenvalue weighted by molar-refractivity contribution is -0.123. The minimum Gasteiger partial charge on any atom is -0.497 e. The molecule has 1 N–H and O–H groups in total. The van der Waals surface area contributed by atoms with Gasteiger partial charge >= 0.3 is 5.97 Å². The van der Waals surface area contributed by atoms with Crippen molar-refractivity contribution < 1.29 is 23.8 Å². The summed E-state index contributed by atoms with van der Waals surface area (Å²) in [6, 6.07) is 22.0. The standard InChI is InChI=1S/C24H23NO5/c1-16(30-24(27)20-15-18(28-2)13-14-22(20)29-3)23(26)25-21-12-8-7-11-19(21)17-9-5-4-6-10-17/h4-16H,1-3H3,(H,25,26)/t16-/m1/s1. The fraction of sp³-hybridized carbons (Fsp3) is 0.167. The van der Waals surface area contributed by atoms with E-state index in [0.717, 1.165) is 11.1 Å². The number of ether oxygens (including phenoxy) is 3. The minimum absolute atomic E-state index is 0.182. The summed E-state index contributed by atoms with van der Waals surface area (Å²) in [4.78, 5) is 25.3. The number of esters is 1. The van der Waals surface area contributed by atoms with Crippen LogP contribution in [0, 0.1) is 0 Å². The van der Waals surface area contributed by atoms with Gasteiger partial charge in [0.15, 0.2) is 6.10 Å². The molecule has 0 bridgehead atoms. The van der Waals surface area contributed by atoms with Crippen molar-refractivity contribution >= 4 is 17.6 Å². The third kappa shape index (κ3) is 4.78. The highest BCUT2D eigenvalue weighted by atomic mass is 16.5. The van der Waals surface area contributed by atoms with Gasteiger partial charge in [0.1, 0.15) is 17.1 Å². The predicted molar refractivity (Wildman–Crippen MR) is 115 cm³/mol. The molecule has 0 radical (unpaired) electrons. The molecule has 0 unspecified atom stereocenters. The van der Waals surface area contributed by atoms with Crippen LogP contribution in [0.3, 0.4) is 0 Å². The summed E-state index contributed by atoms with van der Waals surface area (Å²) in [5.41, 5.74) is 2.66. The average Bonchev–Trinajstić information content (AvgIpc) is 2.79. The van der Waals surface area contributed by atoms with Crippen LogP contribution in [0.25, 0.3) is 11.1 Å². The first kappa shape index (κ1) is 20.9. The molecule has 3 aromatic carbocycles. The van der Waals surface area contributed by atoms with Crippen LogP contribution in [0.15, 0.2) is 72.8 Å².